The molecule has 0 aliphatic heterocycles. The van der Waals surface area contributed by atoms with E-state index in [1.54, 1.807) is 10.9 Å². The van der Waals surface area contributed by atoms with Crippen molar-refractivity contribution in [2.24, 2.45) is 0 Å². The SMILES string of the molecule is CCOCCn1cc2c(=O)[nH]c(=O)[nH]c2n1. The number of nitrogens with one attached hydrogen (secondary N) is 2. The van der Waals surface area contributed by atoms with Crippen LogP contribution >= 0.6 is 0 Å². The number of fused-ring (bicyclic) bond motifs is 1. The highest BCUT2D eigenvalue weighted by Crippen LogP contribution is 2.00. The van der Waals surface area contributed by atoms with Crippen LogP contribution < -0.4 is 11.2 Å². The first kappa shape index (κ1) is 10.6. The summed E-state index contributed by atoms with van der Waals surface area (Å²) in [4.78, 5) is 27.0. The molecule has 0 saturated carbocycles. The maximum absolute atomic E-state index is 11.4. The van der Waals surface area contributed by atoms with Gasteiger partial charge in [0.2, 0.25) is 0 Å². The lowest BCUT2D eigenvalue weighted by Crippen LogP contribution is -2.21. The molecule has 0 unspecified atom stereocenters. The van der Waals surface area contributed by atoms with E-state index in [4.69, 9.17) is 4.74 Å². The second-order valence-corrected chi connectivity index (χ2v) is 3.26. The molecule has 0 spiro atoms. The monoisotopic (exact) mass is 224 g/mol. The van der Waals surface area contributed by atoms with Crippen molar-refractivity contribution in [1.82, 2.24) is 19.7 Å². The third-order valence-corrected chi connectivity index (χ3v) is 2.13. The standard InChI is InChI=1S/C9H12N4O3/c1-2-16-4-3-13-5-6-7(12-13)10-9(15)11-8(6)14/h5H,2-4H2,1H3,(H2,10,11,12,14,15). The number of hydrogen-bond acceptors (Lipinski definition) is 4. The Bertz CT molecular complexity index is 595. The molecule has 7 heteroatoms. The smallest absolute Gasteiger partial charge is 0.327 e. The Hall–Kier alpha value is -1.89. The van der Waals surface area contributed by atoms with Crippen molar-refractivity contribution in [3.63, 3.8) is 0 Å². The van der Waals surface area contributed by atoms with Crippen LogP contribution in [0, 0.1) is 0 Å². The van der Waals surface area contributed by atoms with Gasteiger partial charge in [0.05, 0.1) is 13.2 Å². The summed E-state index contributed by atoms with van der Waals surface area (Å²) in [5.74, 6) is 0. The van der Waals surface area contributed by atoms with Crippen molar-refractivity contribution in [2.75, 3.05) is 13.2 Å². The quantitative estimate of drug-likeness (QED) is 0.681. The number of rotatable bonds is 4. The molecule has 16 heavy (non-hydrogen) atoms. The number of ether oxygens (including phenoxy) is 1. The minimum atomic E-state index is -0.549. The summed E-state index contributed by atoms with van der Waals surface area (Å²) in [5.41, 5.74) is -0.681. The minimum absolute atomic E-state index is 0.297. The van der Waals surface area contributed by atoms with E-state index in [9.17, 15) is 9.59 Å². The zero-order valence-electron chi connectivity index (χ0n) is 8.82. The third-order valence-electron chi connectivity index (χ3n) is 2.13. The van der Waals surface area contributed by atoms with E-state index in [2.05, 4.69) is 15.1 Å². The van der Waals surface area contributed by atoms with Crippen molar-refractivity contribution >= 4 is 11.0 Å². The highest BCUT2D eigenvalue weighted by molar-refractivity contribution is 5.71. The van der Waals surface area contributed by atoms with Crippen molar-refractivity contribution in [1.29, 1.82) is 0 Å². The van der Waals surface area contributed by atoms with Crippen LogP contribution in [0.1, 0.15) is 6.92 Å². The fourth-order valence-electron chi connectivity index (χ4n) is 1.41. The van der Waals surface area contributed by atoms with E-state index >= 15 is 0 Å². The summed E-state index contributed by atoms with van der Waals surface area (Å²) in [5, 5.41) is 4.44. The molecule has 0 saturated heterocycles. The van der Waals surface area contributed by atoms with Gasteiger partial charge in [0.15, 0.2) is 5.65 Å². The van der Waals surface area contributed by atoms with Gasteiger partial charge < -0.3 is 4.74 Å². The Labute approximate surface area is 90.1 Å². The zero-order valence-corrected chi connectivity index (χ0v) is 8.82. The minimum Gasteiger partial charge on any atom is -0.380 e. The molecule has 0 amide bonds. The van der Waals surface area contributed by atoms with E-state index in [0.717, 1.165) is 0 Å². The Morgan fingerprint density at radius 1 is 1.44 bits per heavy atom. The number of H-pyrrole nitrogens is 2. The van der Waals surface area contributed by atoms with Crippen LogP contribution in [-0.4, -0.2) is 33.0 Å². The fraction of sp³-hybridized carbons (Fsp3) is 0.444. The normalized spacial score (nSPS) is 11.1. The Morgan fingerprint density at radius 3 is 3.00 bits per heavy atom. The second-order valence-electron chi connectivity index (χ2n) is 3.26. The molecule has 0 fully saturated rings. The summed E-state index contributed by atoms with van der Waals surface area (Å²) >= 11 is 0. The molecular formula is C9H12N4O3. The van der Waals surface area contributed by atoms with Crippen LogP contribution in [0.15, 0.2) is 15.8 Å². The van der Waals surface area contributed by atoms with E-state index in [0.29, 0.717) is 30.8 Å². The largest absolute Gasteiger partial charge is 0.380 e. The van der Waals surface area contributed by atoms with Crippen molar-refractivity contribution < 1.29 is 4.74 Å². The molecule has 86 valence electrons. The predicted octanol–water partition coefficient (Wildman–Crippen LogP) is -0.551. The van der Waals surface area contributed by atoms with Gasteiger partial charge >= 0.3 is 5.69 Å². The highest BCUT2D eigenvalue weighted by atomic mass is 16.5. The lowest BCUT2D eigenvalue weighted by atomic mass is 10.4. The second kappa shape index (κ2) is 4.31. The average molecular weight is 224 g/mol. The first-order valence-electron chi connectivity index (χ1n) is 4.98. The first-order valence-corrected chi connectivity index (χ1v) is 4.98. The summed E-state index contributed by atoms with van der Waals surface area (Å²) in [7, 11) is 0. The summed E-state index contributed by atoms with van der Waals surface area (Å²) < 4.78 is 6.74. The molecule has 2 aromatic heterocycles. The third kappa shape index (κ3) is 2.03. The molecule has 0 radical (unpaired) electrons. The van der Waals surface area contributed by atoms with Gasteiger partial charge in [-0.3, -0.25) is 19.4 Å². The van der Waals surface area contributed by atoms with E-state index in [1.165, 1.54) is 0 Å². The predicted molar refractivity (Wildman–Crippen MR) is 57.5 cm³/mol. The molecule has 7 nitrogen and oxygen atoms in total. The molecule has 0 aliphatic rings. The van der Waals surface area contributed by atoms with Crippen molar-refractivity contribution in [2.45, 2.75) is 13.5 Å². The van der Waals surface area contributed by atoms with Crippen LogP contribution in [0.2, 0.25) is 0 Å². The first-order chi connectivity index (χ1) is 7.70. The molecular weight excluding hydrogens is 212 g/mol. The molecule has 2 rings (SSSR count). The zero-order chi connectivity index (χ0) is 11.5. The fourth-order valence-corrected chi connectivity index (χ4v) is 1.41. The number of aromatic nitrogens is 4. The molecule has 2 N–H and O–H groups in total. The Morgan fingerprint density at radius 2 is 2.25 bits per heavy atom. The van der Waals surface area contributed by atoms with Crippen LogP contribution in [0.5, 0.6) is 0 Å². The van der Waals surface area contributed by atoms with Gasteiger partial charge in [0, 0.05) is 12.8 Å². The molecule has 2 aromatic rings. The van der Waals surface area contributed by atoms with E-state index in [1.807, 2.05) is 6.92 Å². The number of nitrogens with zero attached hydrogens (tertiary/aromatic N) is 2. The molecule has 2 heterocycles. The van der Waals surface area contributed by atoms with Crippen molar-refractivity contribution in [3.8, 4) is 0 Å². The van der Waals surface area contributed by atoms with Crippen LogP contribution in [0.4, 0.5) is 0 Å². The van der Waals surface area contributed by atoms with Gasteiger partial charge in [-0.15, -0.1) is 0 Å². The maximum Gasteiger partial charge on any atom is 0.327 e. The lowest BCUT2D eigenvalue weighted by molar-refractivity contribution is 0.136. The lowest BCUT2D eigenvalue weighted by Gasteiger charge is -1.99. The molecule has 0 atom stereocenters. The number of hydrogen-bond donors (Lipinski definition) is 2. The topological polar surface area (TPSA) is 92.8 Å². The molecule has 0 bridgehead atoms. The molecule has 0 aliphatic carbocycles. The average Bonchev–Trinajstić information content (AvgIpc) is 2.61. The summed E-state index contributed by atoms with van der Waals surface area (Å²) in [6, 6.07) is 0. The van der Waals surface area contributed by atoms with Gasteiger partial charge in [-0.1, -0.05) is 0 Å². The summed E-state index contributed by atoms with van der Waals surface area (Å²) in [6.45, 7) is 3.61. The van der Waals surface area contributed by atoms with Crippen LogP contribution in [0.25, 0.3) is 11.0 Å². The maximum atomic E-state index is 11.4. The van der Waals surface area contributed by atoms with Gasteiger partial charge in [0.1, 0.15) is 5.39 Å². The van der Waals surface area contributed by atoms with E-state index < -0.39 is 11.2 Å². The van der Waals surface area contributed by atoms with Gasteiger partial charge in [-0.2, -0.15) is 5.10 Å². The van der Waals surface area contributed by atoms with Crippen LogP contribution in [-0.2, 0) is 11.3 Å². The Kier molecular flexibility index (Phi) is 2.86. The highest BCUT2D eigenvalue weighted by Gasteiger charge is 2.05. The van der Waals surface area contributed by atoms with Crippen LogP contribution in [0.3, 0.4) is 0 Å². The summed E-state index contributed by atoms with van der Waals surface area (Å²) in [6.07, 6.45) is 1.59. The number of aromatic amines is 2. The van der Waals surface area contributed by atoms with Gasteiger partial charge in [-0.25, -0.2) is 4.79 Å². The molecule has 0 aromatic carbocycles. The van der Waals surface area contributed by atoms with Gasteiger partial charge in [0.25, 0.3) is 5.56 Å². The van der Waals surface area contributed by atoms with Gasteiger partial charge in [-0.05, 0) is 6.92 Å². The Balaban J connectivity index is 2.33. The van der Waals surface area contributed by atoms with Crippen molar-refractivity contribution in [3.05, 3.63) is 27.0 Å². The van der Waals surface area contributed by atoms with E-state index in [-0.39, 0.29) is 0 Å².